The smallest absolute Gasteiger partial charge is 0.387 e. The molecule has 2 heterocycles. The van der Waals surface area contributed by atoms with Crippen LogP contribution in [0.5, 0.6) is 17.2 Å². The van der Waals surface area contributed by atoms with Gasteiger partial charge in [-0.2, -0.15) is 8.78 Å². The van der Waals surface area contributed by atoms with Crippen LogP contribution >= 0.6 is 0 Å². The van der Waals surface area contributed by atoms with Gasteiger partial charge in [-0.1, -0.05) is 12.1 Å². The molecule has 0 saturated carbocycles. The molecule has 27 heavy (non-hydrogen) atoms. The van der Waals surface area contributed by atoms with E-state index in [-0.39, 0.29) is 17.3 Å². The minimum absolute atomic E-state index is 0.0171. The van der Waals surface area contributed by atoms with E-state index in [0.29, 0.717) is 35.8 Å². The Hall–Kier alpha value is -3.42. The molecule has 6 nitrogen and oxygen atoms in total. The molecular weight excluding hydrogens is 360 g/mol. The molecule has 0 saturated heterocycles. The Morgan fingerprint density at radius 3 is 2.70 bits per heavy atom. The van der Waals surface area contributed by atoms with Crippen molar-refractivity contribution in [1.82, 2.24) is 0 Å². The predicted molar refractivity (Wildman–Crippen MR) is 91.1 cm³/mol. The van der Waals surface area contributed by atoms with Gasteiger partial charge in [0.15, 0.2) is 17.2 Å². The van der Waals surface area contributed by atoms with Crippen molar-refractivity contribution in [2.75, 3.05) is 13.2 Å². The molecule has 0 aromatic heterocycles. The van der Waals surface area contributed by atoms with Gasteiger partial charge in [-0.25, -0.2) is 9.79 Å². The summed E-state index contributed by atoms with van der Waals surface area (Å²) in [7, 11) is 0. The molecule has 4 rings (SSSR count). The molecule has 2 aliphatic rings. The molecule has 138 valence electrons. The van der Waals surface area contributed by atoms with Crippen molar-refractivity contribution in [3.05, 3.63) is 59.3 Å². The molecule has 0 spiro atoms. The number of ether oxygens (including phenoxy) is 4. The van der Waals surface area contributed by atoms with E-state index >= 15 is 0 Å². The van der Waals surface area contributed by atoms with Crippen LogP contribution < -0.4 is 14.2 Å². The summed E-state index contributed by atoms with van der Waals surface area (Å²) < 4.78 is 45.2. The Kier molecular flexibility index (Phi) is 4.45. The zero-order valence-corrected chi connectivity index (χ0v) is 13.9. The number of halogens is 2. The number of esters is 1. The molecule has 0 N–H and O–H groups in total. The van der Waals surface area contributed by atoms with Gasteiger partial charge in [-0.05, 0) is 42.0 Å². The van der Waals surface area contributed by atoms with E-state index in [9.17, 15) is 13.6 Å². The minimum atomic E-state index is -2.95. The van der Waals surface area contributed by atoms with Crippen LogP contribution in [0.4, 0.5) is 8.78 Å². The third-order valence-corrected chi connectivity index (χ3v) is 3.80. The zero-order chi connectivity index (χ0) is 18.8. The third kappa shape index (κ3) is 3.74. The summed E-state index contributed by atoms with van der Waals surface area (Å²) in [5, 5.41) is 0. The molecule has 0 aliphatic carbocycles. The van der Waals surface area contributed by atoms with Gasteiger partial charge in [0, 0.05) is 5.56 Å². The van der Waals surface area contributed by atoms with Crippen LogP contribution in [0.1, 0.15) is 11.1 Å². The average molecular weight is 373 g/mol. The maximum Gasteiger partial charge on any atom is 0.387 e. The Balaban J connectivity index is 1.60. The lowest BCUT2D eigenvalue weighted by atomic mass is 10.1. The summed E-state index contributed by atoms with van der Waals surface area (Å²) in [6.45, 7) is -2.00. The Labute approximate surface area is 152 Å². The second-order valence-electron chi connectivity index (χ2n) is 5.65. The van der Waals surface area contributed by atoms with Crippen LogP contribution in [-0.4, -0.2) is 31.7 Å². The zero-order valence-electron chi connectivity index (χ0n) is 13.9. The molecule has 2 aromatic carbocycles. The fourth-order valence-corrected chi connectivity index (χ4v) is 2.65. The summed E-state index contributed by atoms with van der Waals surface area (Å²) in [6.07, 6.45) is 1.55. The molecular formula is C19H13F2NO5. The number of cyclic esters (lactones) is 1. The average Bonchev–Trinajstić information content (AvgIpc) is 3.02. The molecule has 0 radical (unpaired) electrons. The highest BCUT2D eigenvalue weighted by atomic mass is 19.3. The summed E-state index contributed by atoms with van der Waals surface area (Å²) in [4.78, 5) is 16.3. The minimum Gasteiger partial charge on any atom is -0.486 e. The van der Waals surface area contributed by atoms with Crippen LogP contribution in [0, 0.1) is 0 Å². The molecule has 0 fully saturated rings. The molecule has 0 unspecified atom stereocenters. The van der Waals surface area contributed by atoms with Crippen molar-refractivity contribution in [3.63, 3.8) is 0 Å². The highest BCUT2D eigenvalue weighted by molar-refractivity contribution is 6.13. The SMILES string of the molecule is O=C1OC(c2cccc(OC(F)F)c2)=N/C1=C/c1ccc2c(c1)OCCO2. The van der Waals surface area contributed by atoms with E-state index in [2.05, 4.69) is 9.73 Å². The van der Waals surface area contributed by atoms with Gasteiger partial charge in [-0.3, -0.25) is 0 Å². The maximum absolute atomic E-state index is 12.3. The highest BCUT2D eigenvalue weighted by Gasteiger charge is 2.25. The van der Waals surface area contributed by atoms with E-state index < -0.39 is 12.6 Å². The van der Waals surface area contributed by atoms with Gasteiger partial charge in [0.25, 0.3) is 0 Å². The van der Waals surface area contributed by atoms with Gasteiger partial charge >= 0.3 is 12.6 Å². The number of aliphatic imine (C=N–C) groups is 1. The fraction of sp³-hybridized carbons (Fsp3) is 0.158. The number of hydrogen-bond acceptors (Lipinski definition) is 6. The van der Waals surface area contributed by atoms with Gasteiger partial charge in [0.1, 0.15) is 19.0 Å². The maximum atomic E-state index is 12.3. The van der Waals surface area contributed by atoms with E-state index in [1.54, 1.807) is 30.3 Å². The van der Waals surface area contributed by atoms with Crippen molar-refractivity contribution in [1.29, 1.82) is 0 Å². The van der Waals surface area contributed by atoms with Crippen molar-refractivity contribution < 1.29 is 32.5 Å². The first-order valence-electron chi connectivity index (χ1n) is 8.06. The number of benzene rings is 2. The number of fused-ring (bicyclic) bond motifs is 1. The third-order valence-electron chi connectivity index (χ3n) is 3.80. The first-order chi connectivity index (χ1) is 13.1. The monoisotopic (exact) mass is 373 g/mol. The molecule has 2 aliphatic heterocycles. The Morgan fingerprint density at radius 2 is 1.89 bits per heavy atom. The van der Waals surface area contributed by atoms with Gasteiger partial charge in [0.2, 0.25) is 5.90 Å². The second kappa shape index (κ2) is 7.06. The summed E-state index contributed by atoms with van der Waals surface area (Å²) in [6, 6.07) is 11.0. The van der Waals surface area contributed by atoms with E-state index in [1.165, 1.54) is 18.2 Å². The number of rotatable bonds is 4. The molecule has 8 heteroatoms. The van der Waals surface area contributed by atoms with Crippen LogP contribution in [0.25, 0.3) is 6.08 Å². The van der Waals surface area contributed by atoms with Crippen molar-refractivity contribution >= 4 is 17.9 Å². The Morgan fingerprint density at radius 1 is 1.07 bits per heavy atom. The molecule has 0 amide bonds. The molecule has 0 bridgehead atoms. The highest BCUT2D eigenvalue weighted by Crippen LogP contribution is 2.32. The summed E-state index contributed by atoms with van der Waals surface area (Å²) >= 11 is 0. The quantitative estimate of drug-likeness (QED) is 0.607. The summed E-state index contributed by atoms with van der Waals surface area (Å²) in [5.74, 6) is 0.551. The van der Waals surface area contributed by atoms with Crippen LogP contribution in [0.2, 0.25) is 0 Å². The van der Waals surface area contributed by atoms with Crippen LogP contribution in [-0.2, 0) is 9.53 Å². The molecule has 0 atom stereocenters. The Bertz CT molecular complexity index is 955. The second-order valence-corrected chi connectivity index (χ2v) is 5.65. The van der Waals surface area contributed by atoms with E-state index in [0.717, 1.165) is 0 Å². The predicted octanol–water partition coefficient (Wildman–Crippen LogP) is 3.40. The number of nitrogens with zero attached hydrogens (tertiary/aromatic N) is 1. The van der Waals surface area contributed by atoms with E-state index in [4.69, 9.17) is 14.2 Å². The topological polar surface area (TPSA) is 66.4 Å². The lowest BCUT2D eigenvalue weighted by Crippen LogP contribution is -2.15. The number of carbonyl (C=O) groups is 1. The number of alkyl halides is 2. The first kappa shape index (κ1) is 17.0. The van der Waals surface area contributed by atoms with Gasteiger partial charge < -0.3 is 18.9 Å². The van der Waals surface area contributed by atoms with Crippen LogP contribution in [0.15, 0.2) is 53.2 Å². The normalized spacial score (nSPS) is 17.1. The number of hydrogen-bond donors (Lipinski definition) is 0. The standard InChI is InChI=1S/C19H13F2NO5/c20-19(21)26-13-3-1-2-12(10-13)17-22-14(18(23)27-17)8-11-4-5-15-16(9-11)25-7-6-24-15/h1-5,8-10,19H,6-7H2/b14-8+. The largest absolute Gasteiger partial charge is 0.486 e. The lowest BCUT2D eigenvalue weighted by Gasteiger charge is -2.18. The fourth-order valence-electron chi connectivity index (χ4n) is 2.65. The van der Waals surface area contributed by atoms with Gasteiger partial charge in [-0.15, -0.1) is 0 Å². The molecule has 2 aromatic rings. The van der Waals surface area contributed by atoms with Crippen LogP contribution in [0.3, 0.4) is 0 Å². The van der Waals surface area contributed by atoms with Gasteiger partial charge in [0.05, 0.1) is 0 Å². The summed E-state index contributed by atoms with van der Waals surface area (Å²) in [5.41, 5.74) is 1.12. The lowest BCUT2D eigenvalue weighted by molar-refractivity contribution is -0.129. The van der Waals surface area contributed by atoms with E-state index in [1.807, 2.05) is 0 Å². The van der Waals surface area contributed by atoms with Crippen molar-refractivity contribution in [2.45, 2.75) is 6.61 Å². The van der Waals surface area contributed by atoms with Crippen molar-refractivity contribution in [3.8, 4) is 17.2 Å². The number of carbonyl (C=O) groups excluding carboxylic acids is 1. The first-order valence-corrected chi connectivity index (χ1v) is 8.06. The van der Waals surface area contributed by atoms with Crippen molar-refractivity contribution in [2.24, 2.45) is 4.99 Å².